The minimum absolute atomic E-state index is 0.103. The molecule has 0 fully saturated rings. The molecule has 2 rings (SSSR count). The second kappa shape index (κ2) is 6.89. The SMILES string of the molecule is Cn1nccc1CCNC(=O)c1ccc(C#CCO)s1. The lowest BCUT2D eigenvalue weighted by Crippen LogP contribution is -2.25. The number of thiophene rings is 1. The van der Waals surface area contributed by atoms with Gasteiger partial charge in [0.1, 0.15) is 6.61 Å². The fourth-order valence-electron chi connectivity index (χ4n) is 1.69. The molecule has 0 saturated heterocycles. The first-order valence-corrected chi connectivity index (χ1v) is 6.97. The summed E-state index contributed by atoms with van der Waals surface area (Å²) in [5, 5.41) is 15.6. The fourth-order valence-corrected chi connectivity index (χ4v) is 2.49. The van der Waals surface area contributed by atoms with Gasteiger partial charge in [0.25, 0.3) is 5.91 Å². The van der Waals surface area contributed by atoms with Gasteiger partial charge in [0.15, 0.2) is 0 Å². The lowest BCUT2D eigenvalue weighted by molar-refractivity contribution is 0.0958. The van der Waals surface area contributed by atoms with Crippen molar-refractivity contribution in [2.24, 2.45) is 7.05 Å². The molecule has 0 aliphatic carbocycles. The van der Waals surface area contributed by atoms with E-state index in [1.54, 1.807) is 23.0 Å². The Hall–Kier alpha value is -2.10. The highest BCUT2D eigenvalue weighted by molar-refractivity contribution is 7.14. The van der Waals surface area contributed by atoms with Crippen molar-refractivity contribution < 1.29 is 9.90 Å². The minimum atomic E-state index is -0.176. The molecule has 2 heterocycles. The van der Waals surface area contributed by atoms with Crippen molar-refractivity contribution in [3.63, 3.8) is 0 Å². The highest BCUT2D eigenvalue weighted by Crippen LogP contribution is 2.15. The van der Waals surface area contributed by atoms with E-state index < -0.39 is 0 Å². The summed E-state index contributed by atoms with van der Waals surface area (Å²) in [7, 11) is 1.88. The van der Waals surface area contributed by atoms with Crippen LogP contribution in [0.2, 0.25) is 0 Å². The van der Waals surface area contributed by atoms with E-state index in [1.165, 1.54) is 11.3 Å². The molecular weight excluding hydrogens is 274 g/mol. The Balaban J connectivity index is 1.86. The second-order valence-electron chi connectivity index (χ2n) is 4.08. The first-order valence-electron chi connectivity index (χ1n) is 6.15. The number of amides is 1. The summed E-state index contributed by atoms with van der Waals surface area (Å²) in [4.78, 5) is 13.3. The van der Waals surface area contributed by atoms with Crippen LogP contribution >= 0.6 is 11.3 Å². The smallest absolute Gasteiger partial charge is 0.261 e. The molecule has 20 heavy (non-hydrogen) atoms. The summed E-state index contributed by atoms with van der Waals surface area (Å²) in [5.74, 6) is 5.24. The number of nitrogens with zero attached hydrogens (tertiary/aromatic N) is 2. The summed E-state index contributed by atoms with van der Waals surface area (Å²) in [6, 6.07) is 5.45. The Morgan fingerprint density at radius 3 is 3.05 bits per heavy atom. The van der Waals surface area contributed by atoms with Gasteiger partial charge in [-0.3, -0.25) is 9.48 Å². The van der Waals surface area contributed by atoms with Crippen LogP contribution in [-0.2, 0) is 13.5 Å². The van der Waals surface area contributed by atoms with E-state index in [-0.39, 0.29) is 12.5 Å². The van der Waals surface area contributed by atoms with E-state index in [0.717, 1.165) is 17.0 Å². The Bertz CT molecular complexity index is 649. The normalized spacial score (nSPS) is 9.90. The van der Waals surface area contributed by atoms with Crippen molar-refractivity contribution in [2.75, 3.05) is 13.2 Å². The largest absolute Gasteiger partial charge is 0.384 e. The maximum absolute atomic E-state index is 11.9. The van der Waals surface area contributed by atoms with Crippen LogP contribution in [0.15, 0.2) is 24.4 Å². The average molecular weight is 289 g/mol. The van der Waals surface area contributed by atoms with Gasteiger partial charge in [-0.2, -0.15) is 5.10 Å². The highest BCUT2D eigenvalue weighted by Gasteiger charge is 2.08. The number of nitrogens with one attached hydrogen (secondary N) is 1. The standard InChI is InChI=1S/C14H15N3O2S/c1-17-11(7-9-16-17)6-8-15-14(19)13-5-4-12(20-13)3-2-10-18/h4-5,7,9,18H,6,8,10H2,1H3,(H,15,19). The third-order valence-electron chi connectivity index (χ3n) is 2.71. The maximum atomic E-state index is 11.9. The maximum Gasteiger partial charge on any atom is 0.261 e. The van der Waals surface area contributed by atoms with Crippen molar-refractivity contribution in [1.29, 1.82) is 0 Å². The van der Waals surface area contributed by atoms with Crippen LogP contribution < -0.4 is 5.32 Å². The van der Waals surface area contributed by atoms with Crippen LogP contribution in [0.5, 0.6) is 0 Å². The lowest BCUT2D eigenvalue weighted by atomic mass is 10.3. The van der Waals surface area contributed by atoms with Crippen LogP contribution in [0.3, 0.4) is 0 Å². The number of rotatable bonds is 4. The Kier molecular flexibility index (Phi) is 4.93. The molecule has 2 aromatic heterocycles. The van der Waals surface area contributed by atoms with E-state index in [9.17, 15) is 4.79 Å². The first kappa shape index (κ1) is 14.3. The lowest BCUT2D eigenvalue weighted by Gasteiger charge is -2.03. The van der Waals surface area contributed by atoms with Gasteiger partial charge in [0, 0.05) is 31.9 Å². The number of carbonyl (C=O) groups is 1. The van der Waals surface area contributed by atoms with E-state index >= 15 is 0 Å². The summed E-state index contributed by atoms with van der Waals surface area (Å²) in [6.45, 7) is 0.387. The Morgan fingerprint density at radius 1 is 1.50 bits per heavy atom. The number of aromatic nitrogens is 2. The molecule has 0 spiro atoms. The highest BCUT2D eigenvalue weighted by atomic mass is 32.1. The second-order valence-corrected chi connectivity index (χ2v) is 5.16. The van der Waals surface area contributed by atoms with Gasteiger partial charge in [0.2, 0.25) is 0 Å². The van der Waals surface area contributed by atoms with Crippen molar-refractivity contribution in [3.8, 4) is 11.8 Å². The molecule has 0 bridgehead atoms. The number of hydrogen-bond acceptors (Lipinski definition) is 4. The van der Waals surface area contributed by atoms with Gasteiger partial charge in [0.05, 0.1) is 9.75 Å². The summed E-state index contributed by atoms with van der Waals surface area (Å²) >= 11 is 1.32. The van der Waals surface area contributed by atoms with Crippen molar-refractivity contribution in [1.82, 2.24) is 15.1 Å². The monoisotopic (exact) mass is 289 g/mol. The molecule has 0 saturated carbocycles. The number of carbonyl (C=O) groups excluding carboxylic acids is 1. The van der Waals surface area contributed by atoms with Gasteiger partial charge < -0.3 is 10.4 Å². The summed E-state index contributed by atoms with van der Waals surface area (Å²) in [6.07, 6.45) is 2.48. The predicted molar refractivity (Wildman–Crippen MR) is 77.5 cm³/mol. The molecule has 0 atom stereocenters. The van der Waals surface area contributed by atoms with E-state index in [1.807, 2.05) is 13.1 Å². The van der Waals surface area contributed by atoms with Crippen molar-refractivity contribution in [3.05, 3.63) is 39.8 Å². The quantitative estimate of drug-likeness (QED) is 0.818. The van der Waals surface area contributed by atoms with Crippen molar-refractivity contribution >= 4 is 17.2 Å². The number of aliphatic hydroxyl groups is 1. The van der Waals surface area contributed by atoms with Gasteiger partial charge in [-0.15, -0.1) is 11.3 Å². The molecule has 5 nitrogen and oxygen atoms in total. The van der Waals surface area contributed by atoms with Crippen molar-refractivity contribution in [2.45, 2.75) is 6.42 Å². The zero-order valence-corrected chi connectivity index (χ0v) is 11.9. The Morgan fingerprint density at radius 2 is 2.35 bits per heavy atom. The molecule has 0 aromatic carbocycles. The molecule has 1 amide bonds. The van der Waals surface area contributed by atoms with Crippen LogP contribution in [0, 0.1) is 11.8 Å². The van der Waals surface area contributed by atoms with E-state index in [2.05, 4.69) is 22.3 Å². The van der Waals surface area contributed by atoms with E-state index in [0.29, 0.717) is 11.4 Å². The Labute approximate surface area is 121 Å². The molecule has 0 radical (unpaired) electrons. The molecule has 104 valence electrons. The molecule has 0 aliphatic rings. The third kappa shape index (κ3) is 3.70. The zero-order valence-electron chi connectivity index (χ0n) is 11.1. The topological polar surface area (TPSA) is 67.2 Å². The van der Waals surface area contributed by atoms with Crippen LogP contribution in [-0.4, -0.2) is 33.9 Å². The van der Waals surface area contributed by atoms with E-state index in [4.69, 9.17) is 5.11 Å². The molecule has 6 heteroatoms. The molecular formula is C14H15N3O2S. The third-order valence-corrected chi connectivity index (χ3v) is 3.71. The molecule has 0 unspecified atom stereocenters. The van der Waals surface area contributed by atoms with Gasteiger partial charge in [-0.25, -0.2) is 0 Å². The van der Waals surface area contributed by atoms with Crippen LogP contribution in [0.4, 0.5) is 0 Å². The van der Waals surface area contributed by atoms with Crippen LogP contribution in [0.25, 0.3) is 0 Å². The fraction of sp³-hybridized carbons (Fsp3) is 0.286. The molecule has 0 aliphatic heterocycles. The van der Waals surface area contributed by atoms with Crippen LogP contribution in [0.1, 0.15) is 20.2 Å². The van der Waals surface area contributed by atoms with Gasteiger partial charge >= 0.3 is 0 Å². The average Bonchev–Trinajstić information content (AvgIpc) is 3.06. The zero-order chi connectivity index (χ0) is 14.4. The summed E-state index contributed by atoms with van der Waals surface area (Å²) < 4.78 is 1.79. The summed E-state index contributed by atoms with van der Waals surface area (Å²) in [5.41, 5.74) is 1.07. The molecule has 2 N–H and O–H groups in total. The number of aliphatic hydroxyl groups excluding tert-OH is 1. The molecule has 2 aromatic rings. The first-order chi connectivity index (χ1) is 9.70. The predicted octanol–water partition coefficient (Wildman–Crippen LogP) is 0.798. The van der Waals surface area contributed by atoms with Gasteiger partial charge in [-0.1, -0.05) is 11.8 Å². The minimum Gasteiger partial charge on any atom is -0.384 e. The number of hydrogen-bond donors (Lipinski definition) is 2. The number of aryl methyl sites for hydroxylation is 1. The van der Waals surface area contributed by atoms with Gasteiger partial charge in [-0.05, 0) is 18.2 Å².